The van der Waals surface area contributed by atoms with Crippen LogP contribution in [0.4, 0.5) is 4.79 Å². The van der Waals surface area contributed by atoms with Gasteiger partial charge in [-0.15, -0.1) is 0 Å². The highest BCUT2D eigenvalue weighted by atomic mass is 16.6. The van der Waals surface area contributed by atoms with Crippen LogP contribution >= 0.6 is 0 Å². The van der Waals surface area contributed by atoms with Crippen molar-refractivity contribution in [1.29, 1.82) is 0 Å². The van der Waals surface area contributed by atoms with Crippen molar-refractivity contribution in [3.8, 4) is 0 Å². The summed E-state index contributed by atoms with van der Waals surface area (Å²) in [6.45, 7) is 12.6. The van der Waals surface area contributed by atoms with Crippen LogP contribution in [0.1, 0.15) is 47.5 Å². The number of carbonyl (C=O) groups is 1. The van der Waals surface area contributed by atoms with Crippen LogP contribution in [0.2, 0.25) is 0 Å². The Hall–Kier alpha value is -1.29. The van der Waals surface area contributed by atoms with Crippen molar-refractivity contribution in [2.75, 3.05) is 19.8 Å². The third-order valence-electron chi connectivity index (χ3n) is 5.94. The van der Waals surface area contributed by atoms with Crippen LogP contribution in [0.15, 0.2) is 23.8 Å². The van der Waals surface area contributed by atoms with E-state index in [2.05, 4.69) is 51.2 Å². The average Bonchev–Trinajstić information content (AvgIpc) is 2.53. The van der Waals surface area contributed by atoms with Gasteiger partial charge in [-0.2, -0.15) is 0 Å². The number of amides is 1. The fraction of sp³-hybridized carbons (Fsp3) is 0.750. The Balaban J connectivity index is 2.09. The number of alkyl carbamates (subject to hydrolysis) is 1. The summed E-state index contributed by atoms with van der Waals surface area (Å²) in [5.74, 6) is 1.10. The molecule has 2 rings (SSSR count). The van der Waals surface area contributed by atoms with Crippen molar-refractivity contribution in [3.63, 3.8) is 0 Å². The molecule has 1 amide bonds. The molecule has 0 aromatic carbocycles. The summed E-state index contributed by atoms with van der Waals surface area (Å²) < 4.78 is 11.8. The number of hydrogen-bond acceptors (Lipinski definition) is 3. The molecule has 24 heavy (non-hydrogen) atoms. The molecule has 1 aliphatic carbocycles. The molecule has 1 N–H and O–H groups in total. The molecule has 4 heteroatoms. The van der Waals surface area contributed by atoms with Gasteiger partial charge in [0.1, 0.15) is 6.61 Å². The van der Waals surface area contributed by atoms with Gasteiger partial charge >= 0.3 is 6.09 Å². The highest BCUT2D eigenvalue weighted by molar-refractivity contribution is 5.67. The smallest absolute Gasteiger partial charge is 0.407 e. The number of nitrogens with one attached hydrogen (secondary N) is 1. The van der Waals surface area contributed by atoms with Crippen LogP contribution in [-0.4, -0.2) is 32.0 Å². The second-order valence-corrected chi connectivity index (χ2v) is 7.40. The van der Waals surface area contributed by atoms with Gasteiger partial charge in [-0.25, -0.2) is 4.79 Å². The van der Waals surface area contributed by atoms with E-state index in [9.17, 15) is 4.79 Å². The van der Waals surface area contributed by atoms with Gasteiger partial charge in [0.2, 0.25) is 0 Å². The second-order valence-electron chi connectivity index (χ2n) is 7.40. The van der Waals surface area contributed by atoms with Crippen LogP contribution in [0.25, 0.3) is 0 Å². The van der Waals surface area contributed by atoms with E-state index in [1.165, 1.54) is 5.57 Å². The van der Waals surface area contributed by atoms with E-state index in [0.29, 0.717) is 37.5 Å². The van der Waals surface area contributed by atoms with Crippen LogP contribution in [-0.2, 0) is 9.47 Å². The first-order valence-electron chi connectivity index (χ1n) is 9.29. The van der Waals surface area contributed by atoms with Crippen molar-refractivity contribution >= 4 is 6.09 Å². The molecule has 1 heterocycles. The molecule has 0 aromatic heterocycles. The van der Waals surface area contributed by atoms with Gasteiger partial charge in [0.25, 0.3) is 0 Å². The van der Waals surface area contributed by atoms with E-state index in [0.717, 1.165) is 12.8 Å². The number of fused-ring (bicyclic) bond motifs is 2. The minimum absolute atomic E-state index is 0.125. The summed E-state index contributed by atoms with van der Waals surface area (Å²) >= 11 is 0. The quantitative estimate of drug-likeness (QED) is 0.581. The molecule has 2 aliphatic rings. The predicted octanol–water partition coefficient (Wildman–Crippen LogP) is 4.32. The molecule has 0 aromatic rings. The third-order valence-corrected chi connectivity index (χ3v) is 5.94. The van der Waals surface area contributed by atoms with Gasteiger partial charge in [0.05, 0.1) is 12.7 Å². The van der Waals surface area contributed by atoms with E-state index in [1.807, 2.05) is 6.92 Å². The lowest BCUT2D eigenvalue weighted by molar-refractivity contribution is -0.149. The Kier molecular flexibility index (Phi) is 6.50. The SMILES string of the molecule is C/C=C/[C@@H]1OC[C@@]2(COC(=O)NCCCC)[C@H](C)C=C(C)[C@H]1[C@H]2C. The number of allylic oxidation sites excluding steroid dienone is 2. The average molecular weight is 335 g/mol. The molecule has 136 valence electrons. The van der Waals surface area contributed by atoms with Gasteiger partial charge in [-0.1, -0.05) is 51.0 Å². The number of ether oxygens (including phenoxy) is 2. The maximum atomic E-state index is 12.0. The number of hydrogen-bond donors (Lipinski definition) is 1. The first-order chi connectivity index (χ1) is 11.5. The van der Waals surface area contributed by atoms with Crippen molar-refractivity contribution in [3.05, 3.63) is 23.8 Å². The van der Waals surface area contributed by atoms with Crippen LogP contribution in [0.5, 0.6) is 0 Å². The molecule has 1 saturated heterocycles. The fourth-order valence-corrected chi connectivity index (χ4v) is 4.29. The molecular formula is C20H33NO3. The first kappa shape index (κ1) is 19.0. The molecule has 2 bridgehead atoms. The molecule has 0 unspecified atom stereocenters. The van der Waals surface area contributed by atoms with E-state index in [1.54, 1.807) is 0 Å². The molecule has 4 nitrogen and oxygen atoms in total. The summed E-state index contributed by atoms with van der Waals surface area (Å²) in [7, 11) is 0. The maximum absolute atomic E-state index is 12.0. The van der Waals surface area contributed by atoms with E-state index < -0.39 is 0 Å². The van der Waals surface area contributed by atoms with Crippen molar-refractivity contribution in [1.82, 2.24) is 5.32 Å². The molecule has 5 atom stereocenters. The Morgan fingerprint density at radius 3 is 2.92 bits per heavy atom. The standard InChI is InChI=1S/C20H33NO3/c1-6-8-10-21-19(22)24-13-20-12-23-17(9-7-2)18(16(20)5)14(3)11-15(20)4/h7,9,11,15-18H,6,8,10,12-13H2,1-5H3,(H,21,22)/b9-7+/t15-,16-,17+,18+,20-/m1/s1. The third kappa shape index (κ3) is 3.69. The van der Waals surface area contributed by atoms with Crippen molar-refractivity contribution in [2.24, 2.45) is 23.2 Å². The normalized spacial score (nSPS) is 35.6. The van der Waals surface area contributed by atoms with Crippen LogP contribution in [0, 0.1) is 23.2 Å². The maximum Gasteiger partial charge on any atom is 0.407 e. The minimum atomic E-state index is -0.310. The Morgan fingerprint density at radius 2 is 2.25 bits per heavy atom. The van der Waals surface area contributed by atoms with E-state index >= 15 is 0 Å². The number of rotatable bonds is 6. The molecular weight excluding hydrogens is 302 g/mol. The van der Waals surface area contributed by atoms with Gasteiger partial charge in [0.15, 0.2) is 0 Å². The van der Waals surface area contributed by atoms with Crippen LogP contribution < -0.4 is 5.32 Å². The fourth-order valence-electron chi connectivity index (χ4n) is 4.29. The molecule has 0 saturated carbocycles. The molecule has 0 radical (unpaired) electrons. The second kappa shape index (κ2) is 8.19. The van der Waals surface area contributed by atoms with Gasteiger partial charge < -0.3 is 14.8 Å². The molecule has 0 spiro atoms. The highest BCUT2D eigenvalue weighted by Crippen LogP contribution is 2.52. The van der Waals surface area contributed by atoms with E-state index in [-0.39, 0.29) is 17.6 Å². The molecule has 1 aliphatic heterocycles. The van der Waals surface area contributed by atoms with Gasteiger partial charge in [0, 0.05) is 17.9 Å². The van der Waals surface area contributed by atoms with E-state index in [4.69, 9.17) is 9.47 Å². The van der Waals surface area contributed by atoms with Gasteiger partial charge in [-0.3, -0.25) is 0 Å². The first-order valence-corrected chi connectivity index (χ1v) is 9.29. The zero-order chi connectivity index (χ0) is 17.7. The Bertz CT molecular complexity index is 499. The van der Waals surface area contributed by atoms with Crippen LogP contribution in [0.3, 0.4) is 0 Å². The largest absolute Gasteiger partial charge is 0.449 e. The topological polar surface area (TPSA) is 47.6 Å². The zero-order valence-electron chi connectivity index (χ0n) is 15.8. The highest BCUT2D eigenvalue weighted by Gasteiger charge is 2.53. The number of carbonyl (C=O) groups excluding carboxylic acids is 1. The summed E-state index contributed by atoms with van der Waals surface area (Å²) in [5, 5.41) is 2.83. The summed E-state index contributed by atoms with van der Waals surface area (Å²) in [6.07, 6.45) is 8.41. The van der Waals surface area contributed by atoms with Crippen molar-refractivity contribution in [2.45, 2.75) is 53.6 Å². The Labute approximate surface area is 146 Å². The lowest BCUT2D eigenvalue weighted by atomic mass is 9.56. The lowest BCUT2D eigenvalue weighted by Gasteiger charge is -2.54. The minimum Gasteiger partial charge on any atom is -0.449 e. The Morgan fingerprint density at radius 1 is 1.50 bits per heavy atom. The summed E-state index contributed by atoms with van der Waals surface area (Å²) in [4.78, 5) is 12.0. The zero-order valence-corrected chi connectivity index (χ0v) is 15.8. The number of unbranched alkanes of at least 4 members (excludes halogenated alkanes) is 1. The summed E-state index contributed by atoms with van der Waals surface area (Å²) in [6, 6.07) is 0. The predicted molar refractivity (Wildman–Crippen MR) is 96.8 cm³/mol. The summed E-state index contributed by atoms with van der Waals surface area (Å²) in [5.41, 5.74) is 1.26. The molecule has 1 fully saturated rings. The van der Waals surface area contributed by atoms with Gasteiger partial charge in [-0.05, 0) is 32.1 Å². The monoisotopic (exact) mass is 335 g/mol. The lowest BCUT2D eigenvalue weighted by Crippen LogP contribution is -2.56. The van der Waals surface area contributed by atoms with Crippen molar-refractivity contribution < 1.29 is 14.3 Å².